The number of nitrogens with zero attached hydrogens (tertiary/aromatic N) is 6. The zero-order chi connectivity index (χ0) is 27.5. The molecule has 0 aliphatic rings. The third kappa shape index (κ3) is 5.46. The van der Waals surface area contributed by atoms with Gasteiger partial charge in [0.25, 0.3) is 6.43 Å². The number of ether oxygens (including phenoxy) is 1. The van der Waals surface area contributed by atoms with Gasteiger partial charge in [0.05, 0.1) is 25.7 Å². The van der Waals surface area contributed by atoms with Crippen molar-refractivity contribution in [2.24, 2.45) is 0 Å². The molecule has 39 heavy (non-hydrogen) atoms. The molecule has 1 amide bonds. The summed E-state index contributed by atoms with van der Waals surface area (Å²) in [5.74, 6) is -0.751. The summed E-state index contributed by atoms with van der Waals surface area (Å²) in [6.07, 6.45) is 0.0732. The van der Waals surface area contributed by atoms with E-state index in [9.17, 15) is 13.6 Å². The van der Waals surface area contributed by atoms with Gasteiger partial charge < -0.3 is 19.9 Å². The number of hydrogen-bond acceptors (Lipinski definition) is 8. The number of nitrogens with one attached hydrogen (secondary N) is 2. The summed E-state index contributed by atoms with van der Waals surface area (Å²) in [5, 5.41) is 5.21. The van der Waals surface area contributed by atoms with Crippen LogP contribution in [0.15, 0.2) is 61.1 Å². The molecule has 5 rings (SSSR count). The topological polar surface area (TPSA) is 120 Å². The summed E-state index contributed by atoms with van der Waals surface area (Å²) in [5.41, 5.74) is 1.21. The van der Waals surface area contributed by atoms with Crippen molar-refractivity contribution in [1.82, 2.24) is 29.5 Å². The lowest BCUT2D eigenvalue weighted by Gasteiger charge is -2.12. The second-order valence-electron chi connectivity index (χ2n) is 8.36. The average molecular weight is 535 g/mol. The van der Waals surface area contributed by atoms with E-state index in [-0.39, 0.29) is 28.8 Å². The largest absolute Gasteiger partial charge is 0.497 e. The SMILES string of the molecule is COc1ccc(Cn2cnc3c(Nc4ccnc(NC(C)=O)c4F)nc(-c4cccc(C(F)F)n4)nc32)cc1. The van der Waals surface area contributed by atoms with E-state index in [1.54, 1.807) is 18.0 Å². The van der Waals surface area contributed by atoms with E-state index >= 15 is 4.39 Å². The number of imidazole rings is 1. The number of benzene rings is 1. The molecule has 4 aromatic heterocycles. The number of aromatic nitrogens is 6. The lowest BCUT2D eigenvalue weighted by molar-refractivity contribution is -0.114. The smallest absolute Gasteiger partial charge is 0.280 e. The van der Waals surface area contributed by atoms with E-state index in [2.05, 4.69) is 35.6 Å². The summed E-state index contributed by atoms with van der Waals surface area (Å²) in [6.45, 7) is 1.61. The first-order valence-corrected chi connectivity index (χ1v) is 11.6. The Morgan fingerprint density at radius 1 is 1.03 bits per heavy atom. The van der Waals surface area contributed by atoms with E-state index < -0.39 is 23.8 Å². The van der Waals surface area contributed by atoms with Crippen LogP contribution in [0.4, 0.5) is 30.5 Å². The first kappa shape index (κ1) is 25.6. The molecule has 0 aliphatic carbocycles. The summed E-state index contributed by atoms with van der Waals surface area (Å²) >= 11 is 0. The Morgan fingerprint density at radius 3 is 2.54 bits per heavy atom. The van der Waals surface area contributed by atoms with E-state index in [1.807, 2.05) is 24.3 Å². The van der Waals surface area contributed by atoms with Crippen LogP contribution < -0.4 is 15.4 Å². The van der Waals surface area contributed by atoms with Gasteiger partial charge in [-0.1, -0.05) is 18.2 Å². The fourth-order valence-electron chi connectivity index (χ4n) is 3.81. The fraction of sp³-hybridized carbons (Fsp3) is 0.154. The molecule has 0 spiro atoms. The minimum absolute atomic E-state index is 0.0283. The molecule has 0 fully saturated rings. The van der Waals surface area contributed by atoms with Gasteiger partial charge in [0, 0.05) is 13.1 Å². The molecule has 4 heterocycles. The Hall–Kier alpha value is -5.07. The maximum absolute atomic E-state index is 15.1. The van der Waals surface area contributed by atoms with Crippen LogP contribution in [0, 0.1) is 5.82 Å². The van der Waals surface area contributed by atoms with Crippen molar-refractivity contribution >= 4 is 34.4 Å². The molecule has 5 aromatic rings. The fourth-order valence-corrected chi connectivity index (χ4v) is 3.81. The molecule has 0 bridgehead atoms. The minimum Gasteiger partial charge on any atom is -0.497 e. The molecule has 10 nitrogen and oxygen atoms in total. The first-order chi connectivity index (χ1) is 18.8. The van der Waals surface area contributed by atoms with E-state index in [0.717, 1.165) is 5.56 Å². The number of carbonyl (C=O) groups is 1. The number of pyridine rings is 2. The summed E-state index contributed by atoms with van der Waals surface area (Å²) in [6, 6.07) is 12.9. The monoisotopic (exact) mass is 534 g/mol. The second-order valence-corrected chi connectivity index (χ2v) is 8.36. The predicted molar refractivity (Wildman–Crippen MR) is 137 cm³/mol. The molecule has 13 heteroatoms. The molecule has 0 saturated carbocycles. The standard InChI is InChI=1S/C26H21F3N8O2/c1-14(38)32-24-20(27)17(10-11-30-24)34-25-21-26(36-23(35-25)19-5-3-4-18(33-19)22(28)29)37(13-31-21)12-15-6-8-16(39-2)9-7-15/h3-11,13,22H,12H2,1-2H3,(H2,30,32,34,35,36,38). The predicted octanol–water partition coefficient (Wildman–Crippen LogP) is 5.12. The minimum atomic E-state index is -2.79. The Bertz CT molecular complexity index is 1660. The first-order valence-electron chi connectivity index (χ1n) is 11.6. The Morgan fingerprint density at radius 2 is 1.82 bits per heavy atom. The van der Waals surface area contributed by atoms with Crippen molar-refractivity contribution in [2.45, 2.75) is 19.9 Å². The summed E-state index contributed by atoms with van der Waals surface area (Å²) in [4.78, 5) is 32.7. The van der Waals surface area contributed by atoms with E-state index in [4.69, 9.17) is 4.74 Å². The van der Waals surface area contributed by atoms with E-state index in [0.29, 0.717) is 23.5 Å². The highest BCUT2D eigenvalue weighted by atomic mass is 19.3. The van der Waals surface area contributed by atoms with Crippen molar-refractivity contribution in [3.63, 3.8) is 0 Å². The van der Waals surface area contributed by atoms with Crippen LogP contribution >= 0.6 is 0 Å². The van der Waals surface area contributed by atoms with Crippen LogP contribution in [0.3, 0.4) is 0 Å². The number of fused-ring (bicyclic) bond motifs is 1. The molecule has 2 N–H and O–H groups in total. The van der Waals surface area contributed by atoms with Crippen LogP contribution in [0.2, 0.25) is 0 Å². The zero-order valence-electron chi connectivity index (χ0n) is 20.7. The number of rotatable bonds is 8. The molecular formula is C26H21F3N8O2. The number of alkyl halides is 2. The molecule has 0 aliphatic heterocycles. The van der Waals surface area contributed by atoms with Crippen molar-refractivity contribution in [1.29, 1.82) is 0 Å². The summed E-state index contributed by atoms with van der Waals surface area (Å²) in [7, 11) is 1.58. The molecule has 0 saturated heterocycles. The normalized spacial score (nSPS) is 11.1. The highest BCUT2D eigenvalue weighted by Crippen LogP contribution is 2.30. The van der Waals surface area contributed by atoms with Gasteiger partial charge in [-0.25, -0.2) is 38.1 Å². The molecule has 198 valence electrons. The second kappa shape index (κ2) is 10.7. The molecule has 1 aromatic carbocycles. The lowest BCUT2D eigenvalue weighted by Crippen LogP contribution is -2.11. The highest BCUT2D eigenvalue weighted by molar-refractivity contribution is 5.90. The maximum Gasteiger partial charge on any atom is 0.280 e. The quantitative estimate of drug-likeness (QED) is 0.282. The Kier molecular flexibility index (Phi) is 7.04. The van der Waals surface area contributed by atoms with Crippen LogP contribution in [0.5, 0.6) is 5.75 Å². The number of amides is 1. The Labute approximate surface area is 219 Å². The van der Waals surface area contributed by atoms with Crippen LogP contribution in [0.25, 0.3) is 22.7 Å². The van der Waals surface area contributed by atoms with E-state index in [1.165, 1.54) is 37.4 Å². The van der Waals surface area contributed by atoms with Crippen LogP contribution in [-0.4, -0.2) is 42.5 Å². The van der Waals surface area contributed by atoms with Crippen molar-refractivity contribution < 1.29 is 22.7 Å². The van der Waals surface area contributed by atoms with Crippen molar-refractivity contribution in [2.75, 3.05) is 17.7 Å². The highest BCUT2D eigenvalue weighted by Gasteiger charge is 2.19. The van der Waals surface area contributed by atoms with Gasteiger partial charge in [-0.15, -0.1) is 0 Å². The van der Waals surface area contributed by atoms with Gasteiger partial charge in [0.1, 0.15) is 17.1 Å². The zero-order valence-corrected chi connectivity index (χ0v) is 20.7. The third-order valence-electron chi connectivity index (χ3n) is 5.64. The Balaban J connectivity index is 1.62. The van der Waals surface area contributed by atoms with Gasteiger partial charge in [0.2, 0.25) is 5.91 Å². The van der Waals surface area contributed by atoms with Crippen LogP contribution in [0.1, 0.15) is 24.6 Å². The van der Waals surface area contributed by atoms with Gasteiger partial charge >= 0.3 is 0 Å². The van der Waals surface area contributed by atoms with Crippen molar-refractivity contribution in [3.8, 4) is 17.3 Å². The van der Waals surface area contributed by atoms with Crippen molar-refractivity contribution in [3.05, 3.63) is 78.1 Å². The number of carbonyl (C=O) groups excluding carboxylic acids is 1. The number of methoxy groups -OCH3 is 1. The number of hydrogen-bond donors (Lipinski definition) is 2. The van der Waals surface area contributed by atoms with Gasteiger partial charge in [-0.2, -0.15) is 0 Å². The molecule has 0 atom stereocenters. The number of anilines is 3. The summed E-state index contributed by atoms with van der Waals surface area (Å²) < 4.78 is 48.8. The number of halogens is 3. The van der Waals surface area contributed by atoms with Gasteiger partial charge in [-0.05, 0) is 35.9 Å². The van der Waals surface area contributed by atoms with Crippen LogP contribution in [-0.2, 0) is 11.3 Å². The molecule has 0 unspecified atom stereocenters. The molecule has 0 radical (unpaired) electrons. The van der Waals surface area contributed by atoms with Gasteiger partial charge in [-0.3, -0.25) is 4.79 Å². The lowest BCUT2D eigenvalue weighted by atomic mass is 10.2. The third-order valence-corrected chi connectivity index (χ3v) is 5.64. The molecular weight excluding hydrogens is 513 g/mol. The maximum atomic E-state index is 15.1. The average Bonchev–Trinajstić information content (AvgIpc) is 3.34. The van der Waals surface area contributed by atoms with Gasteiger partial charge in [0.15, 0.2) is 34.4 Å².